The van der Waals surface area contributed by atoms with Crippen LogP contribution in [0.4, 0.5) is 0 Å². The van der Waals surface area contributed by atoms with Crippen molar-refractivity contribution in [3.8, 4) is 0 Å². The van der Waals surface area contributed by atoms with Gasteiger partial charge in [-0.3, -0.25) is 47.3 Å². The highest BCUT2D eigenvalue weighted by Gasteiger charge is 2.31. The minimum atomic E-state index is -4.04. The van der Waals surface area contributed by atoms with Gasteiger partial charge in [-0.1, -0.05) is 39.0 Å². The summed E-state index contributed by atoms with van der Waals surface area (Å²) in [6.07, 6.45) is 5.91. The van der Waals surface area contributed by atoms with Crippen LogP contribution in [0.5, 0.6) is 0 Å². The Morgan fingerprint density at radius 3 is 1.60 bits per heavy atom. The number of phosphoric acid groups is 1. The average Bonchev–Trinajstić information content (AvgIpc) is 3.04. The lowest BCUT2D eigenvalue weighted by Gasteiger charge is -2.35. The van der Waals surface area contributed by atoms with Gasteiger partial charge >= 0.3 is 37.7 Å². The third-order valence-corrected chi connectivity index (χ3v) is 8.13. The molecule has 274 valence electrons. The van der Waals surface area contributed by atoms with Crippen LogP contribution in [0.2, 0.25) is 0 Å². The zero-order valence-electron chi connectivity index (χ0n) is 28.9. The van der Waals surface area contributed by atoms with E-state index in [1.54, 1.807) is 4.90 Å². The standard InChI is InChI=1S/C29H54N3O14P/c1-8-9-10-11-12-13-16-45-47(38,42-7)46-21-26(32(22-43-24(2)33)23-44-25(3)34)17-30(18-27(35)39-4)14-15-31(19-28(36)40-5)20-29(37)41-6/h26H,8-23H2,1-7H3. The predicted octanol–water partition coefficient (Wildman–Crippen LogP) is 1.97. The highest BCUT2D eigenvalue weighted by molar-refractivity contribution is 7.48. The van der Waals surface area contributed by atoms with E-state index in [0.29, 0.717) is 6.42 Å². The van der Waals surface area contributed by atoms with Crippen LogP contribution in [0.3, 0.4) is 0 Å². The molecule has 0 aliphatic carbocycles. The molecule has 18 heteroatoms. The van der Waals surface area contributed by atoms with E-state index in [9.17, 15) is 28.5 Å². The number of ether oxygens (including phenoxy) is 5. The van der Waals surface area contributed by atoms with Gasteiger partial charge in [0.05, 0.1) is 60.2 Å². The number of rotatable bonds is 28. The lowest BCUT2D eigenvalue weighted by molar-refractivity contribution is -0.159. The maximum absolute atomic E-state index is 13.3. The fraction of sp³-hybridized carbons (Fsp3) is 0.828. The molecule has 0 aliphatic heterocycles. The van der Waals surface area contributed by atoms with Gasteiger partial charge in [-0.25, -0.2) is 9.46 Å². The maximum Gasteiger partial charge on any atom is 0.474 e. The number of unbranched alkanes of at least 4 members (excludes halogenated alkanes) is 5. The van der Waals surface area contributed by atoms with Crippen LogP contribution in [0.25, 0.3) is 0 Å². The van der Waals surface area contributed by atoms with E-state index in [4.69, 9.17) is 37.3 Å². The van der Waals surface area contributed by atoms with Crippen molar-refractivity contribution in [2.24, 2.45) is 0 Å². The van der Waals surface area contributed by atoms with Gasteiger partial charge in [0.2, 0.25) is 0 Å². The van der Waals surface area contributed by atoms with Gasteiger partial charge in [0, 0.05) is 40.6 Å². The molecule has 0 radical (unpaired) electrons. The van der Waals surface area contributed by atoms with Crippen LogP contribution in [-0.2, 0) is 65.8 Å². The molecule has 2 atom stereocenters. The first-order valence-electron chi connectivity index (χ1n) is 15.4. The van der Waals surface area contributed by atoms with E-state index >= 15 is 0 Å². The van der Waals surface area contributed by atoms with Crippen molar-refractivity contribution >= 4 is 37.7 Å². The number of phosphoric ester groups is 1. The Bertz CT molecular complexity index is 950. The number of carbonyl (C=O) groups is 5. The summed E-state index contributed by atoms with van der Waals surface area (Å²) in [5.74, 6) is -3.02. The van der Waals surface area contributed by atoms with E-state index in [1.807, 2.05) is 0 Å². The molecular weight excluding hydrogens is 645 g/mol. The normalized spacial score (nSPS) is 13.2. The van der Waals surface area contributed by atoms with Crippen molar-refractivity contribution < 1.29 is 65.8 Å². The Kier molecular flexibility index (Phi) is 24.8. The summed E-state index contributed by atoms with van der Waals surface area (Å²) in [6.45, 7) is 3.08. The quantitative estimate of drug-likeness (QED) is 0.0379. The topological polar surface area (TPSA) is 186 Å². The Labute approximate surface area is 278 Å². The molecule has 0 aliphatic rings. The van der Waals surface area contributed by atoms with Crippen molar-refractivity contribution in [3.05, 3.63) is 0 Å². The van der Waals surface area contributed by atoms with Gasteiger partial charge < -0.3 is 23.7 Å². The molecule has 0 aromatic heterocycles. The molecule has 0 aromatic carbocycles. The minimum Gasteiger partial charge on any atom is -0.468 e. The zero-order chi connectivity index (χ0) is 35.7. The van der Waals surface area contributed by atoms with Crippen molar-refractivity contribution in [2.75, 3.05) is 94.4 Å². The molecule has 47 heavy (non-hydrogen) atoms. The van der Waals surface area contributed by atoms with Crippen LogP contribution in [-0.4, -0.2) is 145 Å². The van der Waals surface area contributed by atoms with Gasteiger partial charge in [0.1, 0.15) is 13.5 Å². The minimum absolute atomic E-state index is 0.0247. The molecule has 2 unspecified atom stereocenters. The highest BCUT2D eigenvalue weighted by Crippen LogP contribution is 2.48. The Morgan fingerprint density at radius 1 is 0.660 bits per heavy atom. The second-order valence-electron chi connectivity index (χ2n) is 10.5. The monoisotopic (exact) mass is 699 g/mol. The van der Waals surface area contributed by atoms with Crippen molar-refractivity contribution in [1.82, 2.24) is 14.7 Å². The summed E-state index contributed by atoms with van der Waals surface area (Å²) in [5, 5.41) is 0. The SMILES string of the molecule is CCCCCCCCOP(=O)(OC)OCC(CN(CCN(CC(=O)OC)CC(=O)OC)CC(=O)OC)N(COC(C)=O)COC(C)=O. The van der Waals surface area contributed by atoms with Gasteiger partial charge in [-0.05, 0) is 6.42 Å². The van der Waals surface area contributed by atoms with Crippen LogP contribution in [0.15, 0.2) is 0 Å². The third kappa shape index (κ3) is 22.5. The first kappa shape index (κ1) is 44.3. The number of nitrogens with zero attached hydrogens (tertiary/aromatic N) is 3. The first-order chi connectivity index (χ1) is 22.3. The van der Waals surface area contributed by atoms with E-state index in [0.717, 1.165) is 32.1 Å². The summed E-state index contributed by atoms with van der Waals surface area (Å²) in [7, 11) is 0.784. The molecule has 0 N–H and O–H groups in total. The smallest absolute Gasteiger partial charge is 0.468 e. The zero-order valence-corrected chi connectivity index (χ0v) is 29.8. The van der Waals surface area contributed by atoms with E-state index in [-0.39, 0.29) is 65.9 Å². The average molecular weight is 700 g/mol. The molecule has 0 spiro atoms. The van der Waals surface area contributed by atoms with Crippen LogP contribution in [0.1, 0.15) is 59.3 Å². The van der Waals surface area contributed by atoms with Crippen molar-refractivity contribution in [1.29, 1.82) is 0 Å². The van der Waals surface area contributed by atoms with E-state index in [2.05, 4.69) is 6.92 Å². The number of methoxy groups -OCH3 is 3. The largest absolute Gasteiger partial charge is 0.474 e. The van der Waals surface area contributed by atoms with Gasteiger partial charge in [0.25, 0.3) is 0 Å². The van der Waals surface area contributed by atoms with Crippen molar-refractivity contribution in [3.63, 3.8) is 0 Å². The van der Waals surface area contributed by atoms with E-state index in [1.165, 1.54) is 52.1 Å². The number of esters is 5. The molecule has 0 fully saturated rings. The fourth-order valence-electron chi connectivity index (χ4n) is 4.02. The second-order valence-corrected chi connectivity index (χ2v) is 12.2. The lowest BCUT2D eigenvalue weighted by Crippen LogP contribution is -2.51. The highest BCUT2D eigenvalue weighted by atomic mass is 31.2. The van der Waals surface area contributed by atoms with Crippen LogP contribution >= 0.6 is 7.82 Å². The molecule has 17 nitrogen and oxygen atoms in total. The summed E-state index contributed by atoms with van der Waals surface area (Å²) >= 11 is 0. The maximum atomic E-state index is 13.3. The molecule has 0 amide bonds. The first-order valence-corrected chi connectivity index (χ1v) is 16.9. The molecular formula is C29H54N3O14P. The Hall–Kier alpha value is -2.66. The summed E-state index contributed by atoms with van der Waals surface area (Å²) < 4.78 is 54.3. The molecule has 0 saturated heterocycles. The number of hydrogen-bond donors (Lipinski definition) is 0. The summed E-state index contributed by atoms with van der Waals surface area (Å²) in [6, 6.07) is -0.839. The Morgan fingerprint density at radius 2 is 1.13 bits per heavy atom. The Balaban J connectivity index is 6.09. The number of carbonyl (C=O) groups excluding carboxylic acids is 5. The van der Waals surface area contributed by atoms with Crippen molar-refractivity contribution in [2.45, 2.75) is 65.3 Å². The van der Waals surface area contributed by atoms with Gasteiger partial charge in [0.15, 0.2) is 0 Å². The third-order valence-electron chi connectivity index (χ3n) is 6.72. The van der Waals surface area contributed by atoms with Gasteiger partial charge in [-0.2, -0.15) is 0 Å². The molecule has 0 heterocycles. The predicted molar refractivity (Wildman–Crippen MR) is 168 cm³/mol. The molecule has 0 rings (SSSR count). The molecule has 0 aromatic rings. The fourth-order valence-corrected chi connectivity index (χ4v) is 5.01. The van der Waals surface area contributed by atoms with Crippen LogP contribution in [0, 0.1) is 0 Å². The van der Waals surface area contributed by atoms with Crippen LogP contribution < -0.4 is 0 Å². The van der Waals surface area contributed by atoms with Gasteiger partial charge in [-0.15, -0.1) is 0 Å². The summed E-state index contributed by atoms with van der Waals surface area (Å²) in [5.41, 5.74) is 0. The second kappa shape index (κ2) is 26.3. The summed E-state index contributed by atoms with van der Waals surface area (Å²) in [4.78, 5) is 64.3. The molecule has 0 saturated carbocycles. The lowest BCUT2D eigenvalue weighted by atomic mass is 10.1. The molecule has 0 bridgehead atoms. The number of hydrogen-bond acceptors (Lipinski definition) is 17. The van der Waals surface area contributed by atoms with E-state index < -0.39 is 43.7 Å².